The van der Waals surface area contributed by atoms with Crippen LogP contribution in [0.2, 0.25) is 0 Å². The number of hydrogen-bond acceptors (Lipinski definition) is 4. The Kier molecular flexibility index (Phi) is 5.28. The Balaban J connectivity index is 2.07. The molecule has 2 fully saturated rings. The number of halogens is 3. The summed E-state index contributed by atoms with van der Waals surface area (Å²) < 4.78 is 72.1. The zero-order valence-electron chi connectivity index (χ0n) is 15.1. The Morgan fingerprint density at radius 2 is 1.89 bits per heavy atom. The van der Waals surface area contributed by atoms with Crippen molar-refractivity contribution in [1.82, 2.24) is 4.31 Å². The summed E-state index contributed by atoms with van der Waals surface area (Å²) in [5.41, 5.74) is -1.04. The van der Waals surface area contributed by atoms with E-state index in [9.17, 15) is 26.4 Å². The minimum atomic E-state index is -4.66. The maximum absolute atomic E-state index is 13.3. The predicted molar refractivity (Wildman–Crippen MR) is 91.4 cm³/mol. The number of aryl methyl sites for hydroxylation is 1. The zero-order chi connectivity index (χ0) is 20.0. The highest BCUT2D eigenvalue weighted by Gasteiger charge is 2.51. The molecule has 3 atom stereocenters. The van der Waals surface area contributed by atoms with Crippen LogP contribution in [0.15, 0.2) is 23.1 Å². The highest BCUT2D eigenvalue weighted by Crippen LogP contribution is 2.43. The first-order valence-corrected chi connectivity index (χ1v) is 10.3. The average Bonchev–Trinajstić information content (AvgIpc) is 3.00. The summed E-state index contributed by atoms with van der Waals surface area (Å²) in [5.74, 6) is -0.652. The number of sulfonamides is 1. The summed E-state index contributed by atoms with van der Waals surface area (Å²) in [6.45, 7) is 1.28. The van der Waals surface area contributed by atoms with E-state index in [1.54, 1.807) is 0 Å². The molecular weight excluding hydrogens is 383 g/mol. The van der Waals surface area contributed by atoms with Crippen molar-refractivity contribution in [2.75, 3.05) is 7.11 Å². The zero-order valence-corrected chi connectivity index (χ0v) is 15.9. The quantitative estimate of drug-likeness (QED) is 0.722. The number of fused-ring (bicyclic) bond motifs is 1. The van der Waals surface area contributed by atoms with Gasteiger partial charge in [0.15, 0.2) is 0 Å². The maximum Gasteiger partial charge on any atom is 0.416 e. The Hall–Kier alpha value is -1.61. The Morgan fingerprint density at radius 1 is 1.22 bits per heavy atom. The van der Waals surface area contributed by atoms with E-state index in [-0.39, 0.29) is 17.5 Å². The lowest BCUT2D eigenvalue weighted by Gasteiger charge is -2.32. The molecule has 0 spiro atoms. The number of rotatable bonds is 3. The Labute approximate surface area is 156 Å². The number of carbonyl (C=O) groups excluding carboxylic acids is 1. The molecule has 0 radical (unpaired) electrons. The lowest BCUT2D eigenvalue weighted by molar-refractivity contribution is -0.144. The highest BCUT2D eigenvalue weighted by atomic mass is 32.2. The third-order valence-electron chi connectivity index (χ3n) is 5.59. The minimum Gasteiger partial charge on any atom is -0.468 e. The van der Waals surface area contributed by atoms with Crippen LogP contribution in [0.3, 0.4) is 0 Å². The van der Waals surface area contributed by atoms with Crippen LogP contribution < -0.4 is 0 Å². The molecule has 5 nitrogen and oxygen atoms in total. The summed E-state index contributed by atoms with van der Waals surface area (Å²) in [6, 6.07) is 1.60. The van der Waals surface area contributed by atoms with E-state index in [2.05, 4.69) is 0 Å². The van der Waals surface area contributed by atoms with Gasteiger partial charge in [0, 0.05) is 6.04 Å². The molecule has 1 aliphatic heterocycles. The van der Waals surface area contributed by atoms with Gasteiger partial charge in [-0.15, -0.1) is 0 Å². The van der Waals surface area contributed by atoms with Gasteiger partial charge in [0.1, 0.15) is 6.04 Å². The second kappa shape index (κ2) is 7.09. The summed E-state index contributed by atoms with van der Waals surface area (Å²) >= 11 is 0. The average molecular weight is 405 g/mol. The molecule has 27 heavy (non-hydrogen) atoms. The first kappa shape index (κ1) is 20.1. The number of carbonyl (C=O) groups is 1. The number of nitrogens with zero attached hydrogens (tertiary/aromatic N) is 1. The lowest BCUT2D eigenvalue weighted by atomic mass is 9.85. The molecule has 0 amide bonds. The smallest absolute Gasteiger partial charge is 0.416 e. The van der Waals surface area contributed by atoms with Gasteiger partial charge in [-0.2, -0.15) is 17.5 Å². The number of methoxy groups -OCH3 is 1. The Morgan fingerprint density at radius 3 is 2.52 bits per heavy atom. The molecule has 0 aromatic heterocycles. The van der Waals surface area contributed by atoms with E-state index in [1.165, 1.54) is 20.1 Å². The van der Waals surface area contributed by atoms with Gasteiger partial charge in [-0.25, -0.2) is 8.42 Å². The topological polar surface area (TPSA) is 63.7 Å². The van der Waals surface area contributed by atoms with E-state index >= 15 is 0 Å². The second-order valence-electron chi connectivity index (χ2n) is 7.20. The van der Waals surface area contributed by atoms with E-state index < -0.39 is 38.7 Å². The summed E-state index contributed by atoms with van der Waals surface area (Å²) in [6.07, 6.45) is -1.15. The first-order valence-electron chi connectivity index (χ1n) is 8.86. The third kappa shape index (κ3) is 3.59. The fourth-order valence-corrected chi connectivity index (χ4v) is 6.18. The second-order valence-corrected chi connectivity index (χ2v) is 9.04. The number of esters is 1. The predicted octanol–water partition coefficient (Wildman–Crippen LogP) is 3.51. The van der Waals surface area contributed by atoms with Crippen molar-refractivity contribution in [3.8, 4) is 0 Å². The standard InChI is InChI=1S/C18H22F3NO4S/c1-11-7-8-13(10-14(11)18(19,20)21)27(24,25)22-15-6-4-3-5-12(15)9-16(22)17(23)26-2/h7-8,10,12,15-16H,3-6,9H2,1-2H3. The molecule has 1 aliphatic carbocycles. The van der Waals surface area contributed by atoms with Gasteiger partial charge in [0.25, 0.3) is 0 Å². The summed E-state index contributed by atoms with van der Waals surface area (Å²) in [5, 5.41) is 0. The lowest BCUT2D eigenvalue weighted by Crippen LogP contribution is -2.46. The molecule has 1 aromatic rings. The minimum absolute atomic E-state index is 0.0187. The van der Waals surface area contributed by atoms with E-state index in [0.29, 0.717) is 18.9 Å². The molecule has 1 aromatic carbocycles. The van der Waals surface area contributed by atoms with Crippen molar-refractivity contribution >= 4 is 16.0 Å². The van der Waals surface area contributed by atoms with Crippen molar-refractivity contribution < 1.29 is 31.1 Å². The van der Waals surface area contributed by atoms with Crippen molar-refractivity contribution in [3.63, 3.8) is 0 Å². The fraction of sp³-hybridized carbons (Fsp3) is 0.611. The van der Waals surface area contributed by atoms with E-state index in [0.717, 1.165) is 29.6 Å². The molecule has 1 heterocycles. The van der Waals surface area contributed by atoms with Crippen LogP contribution in [-0.4, -0.2) is 37.9 Å². The van der Waals surface area contributed by atoms with Gasteiger partial charge in [-0.05, 0) is 49.8 Å². The van der Waals surface area contributed by atoms with Gasteiger partial charge in [-0.1, -0.05) is 18.9 Å². The number of benzene rings is 1. The highest BCUT2D eigenvalue weighted by molar-refractivity contribution is 7.89. The fourth-order valence-electron chi connectivity index (χ4n) is 4.29. The molecule has 1 saturated carbocycles. The molecule has 2 aliphatic rings. The van der Waals surface area contributed by atoms with E-state index in [1.807, 2.05) is 0 Å². The van der Waals surface area contributed by atoms with E-state index in [4.69, 9.17) is 4.74 Å². The van der Waals surface area contributed by atoms with Gasteiger partial charge < -0.3 is 4.74 Å². The third-order valence-corrected chi connectivity index (χ3v) is 7.52. The monoisotopic (exact) mass is 405 g/mol. The summed E-state index contributed by atoms with van der Waals surface area (Å²) in [7, 11) is -3.10. The molecule has 0 N–H and O–H groups in total. The van der Waals surface area contributed by atoms with Gasteiger partial charge in [0.05, 0.1) is 17.6 Å². The Bertz CT molecular complexity index is 837. The SMILES string of the molecule is COC(=O)C1CC2CCCCC2N1S(=O)(=O)c1ccc(C)c(C(F)(F)F)c1. The van der Waals surface area contributed by atoms with Crippen LogP contribution >= 0.6 is 0 Å². The van der Waals surface area contributed by atoms with Crippen LogP contribution in [0.5, 0.6) is 0 Å². The van der Waals surface area contributed by atoms with Crippen molar-refractivity contribution in [1.29, 1.82) is 0 Å². The van der Waals surface area contributed by atoms with Gasteiger partial charge >= 0.3 is 12.1 Å². The number of alkyl halides is 3. The van der Waals surface area contributed by atoms with Gasteiger partial charge in [0.2, 0.25) is 10.0 Å². The molecule has 1 saturated heterocycles. The summed E-state index contributed by atoms with van der Waals surface area (Å²) in [4.78, 5) is 11.8. The van der Waals surface area contributed by atoms with Crippen molar-refractivity contribution in [2.45, 2.75) is 62.2 Å². The maximum atomic E-state index is 13.3. The molecule has 3 unspecified atom stereocenters. The number of hydrogen-bond donors (Lipinski definition) is 0. The number of ether oxygens (including phenoxy) is 1. The molecule has 150 valence electrons. The first-order chi connectivity index (χ1) is 12.6. The largest absolute Gasteiger partial charge is 0.468 e. The molecular formula is C18H22F3NO4S. The van der Waals surface area contributed by atoms with Crippen LogP contribution in [0, 0.1) is 12.8 Å². The molecule has 0 bridgehead atoms. The van der Waals surface area contributed by atoms with Crippen LogP contribution in [-0.2, 0) is 25.7 Å². The van der Waals surface area contributed by atoms with Gasteiger partial charge in [-0.3, -0.25) is 4.79 Å². The van der Waals surface area contributed by atoms with Crippen molar-refractivity contribution in [3.05, 3.63) is 29.3 Å². The normalized spacial score (nSPS) is 26.6. The van der Waals surface area contributed by atoms with Crippen LogP contribution in [0.4, 0.5) is 13.2 Å². The van der Waals surface area contributed by atoms with Crippen LogP contribution in [0.1, 0.15) is 43.2 Å². The molecule has 9 heteroatoms. The van der Waals surface area contributed by atoms with Crippen LogP contribution in [0.25, 0.3) is 0 Å². The van der Waals surface area contributed by atoms with Crippen molar-refractivity contribution in [2.24, 2.45) is 5.92 Å². The molecule has 3 rings (SSSR count).